The Morgan fingerprint density at radius 3 is 2.68 bits per heavy atom. The molecule has 2 aromatic heterocycles. The number of hydrogen-bond acceptors (Lipinski definition) is 7. The van der Waals surface area contributed by atoms with Gasteiger partial charge in [0.15, 0.2) is 5.82 Å². The quantitative estimate of drug-likeness (QED) is 0.761. The molecular weight excluding hydrogens is 360 g/mol. The first kappa shape index (κ1) is 18.1. The van der Waals surface area contributed by atoms with Crippen LogP contribution in [0.5, 0.6) is 5.88 Å². The highest BCUT2D eigenvalue weighted by atomic mass is 32.2. The molecule has 0 aliphatic carbocycles. The van der Waals surface area contributed by atoms with Crippen molar-refractivity contribution in [3.8, 4) is 5.88 Å². The molecule has 1 saturated heterocycles. The number of aromatic nitrogens is 2. The zero-order valence-electron chi connectivity index (χ0n) is 14.5. The van der Waals surface area contributed by atoms with Crippen LogP contribution < -0.4 is 9.64 Å². The van der Waals surface area contributed by atoms with Crippen molar-refractivity contribution in [3.05, 3.63) is 29.1 Å². The summed E-state index contributed by atoms with van der Waals surface area (Å²) in [6.07, 6.45) is 1.27. The molecule has 0 amide bonds. The number of thiophene rings is 1. The Bertz CT molecular complexity index is 818. The Kier molecular flexibility index (Phi) is 5.26. The van der Waals surface area contributed by atoms with Crippen molar-refractivity contribution in [2.45, 2.75) is 30.1 Å². The number of hydrogen-bond donors (Lipinski definition) is 0. The second-order valence-electron chi connectivity index (χ2n) is 6.09. The molecule has 0 N–H and O–H groups in total. The predicted octanol–water partition coefficient (Wildman–Crippen LogP) is 2.01. The Balaban J connectivity index is 1.64. The highest BCUT2D eigenvalue weighted by molar-refractivity contribution is 7.91. The van der Waals surface area contributed by atoms with Gasteiger partial charge >= 0.3 is 0 Å². The lowest BCUT2D eigenvalue weighted by Crippen LogP contribution is -2.30. The lowest BCUT2D eigenvalue weighted by atomic mass is 10.3. The van der Waals surface area contributed by atoms with Gasteiger partial charge in [-0.3, -0.25) is 0 Å². The van der Waals surface area contributed by atoms with Gasteiger partial charge < -0.3 is 9.64 Å². The van der Waals surface area contributed by atoms with Crippen LogP contribution in [0.25, 0.3) is 0 Å². The molecule has 0 spiro atoms. The van der Waals surface area contributed by atoms with Crippen molar-refractivity contribution in [1.29, 1.82) is 0 Å². The summed E-state index contributed by atoms with van der Waals surface area (Å²) in [7, 11) is 0.333. The standard InChI is InChI=1S/C16H22N4O3S2/c1-4-13-5-8-16(24-13)25(21,22)20-10-9-12(11-20)23-15-7-6-14(17-18-15)19(2)3/h5-8,12H,4,9-11H2,1-3H3. The van der Waals surface area contributed by atoms with E-state index in [9.17, 15) is 8.42 Å². The fourth-order valence-electron chi connectivity index (χ4n) is 2.61. The third kappa shape index (κ3) is 3.94. The van der Waals surface area contributed by atoms with E-state index in [4.69, 9.17) is 4.74 Å². The number of anilines is 1. The molecule has 1 aliphatic rings. The van der Waals surface area contributed by atoms with Gasteiger partial charge in [0.25, 0.3) is 10.0 Å². The molecule has 3 heterocycles. The van der Waals surface area contributed by atoms with E-state index in [2.05, 4.69) is 10.2 Å². The lowest BCUT2D eigenvalue weighted by Gasteiger charge is -2.16. The van der Waals surface area contributed by atoms with Crippen LogP contribution in [0.15, 0.2) is 28.5 Å². The molecule has 0 radical (unpaired) electrons. The van der Waals surface area contributed by atoms with E-state index in [0.29, 0.717) is 29.6 Å². The molecule has 1 aliphatic heterocycles. The molecule has 1 fully saturated rings. The van der Waals surface area contributed by atoms with E-state index >= 15 is 0 Å². The maximum atomic E-state index is 12.7. The van der Waals surface area contributed by atoms with E-state index in [1.165, 1.54) is 15.6 Å². The van der Waals surface area contributed by atoms with Crippen molar-refractivity contribution < 1.29 is 13.2 Å². The summed E-state index contributed by atoms with van der Waals surface area (Å²) in [6.45, 7) is 2.80. The second-order valence-corrected chi connectivity index (χ2v) is 9.42. The molecule has 136 valence electrons. The largest absolute Gasteiger partial charge is 0.472 e. The van der Waals surface area contributed by atoms with Gasteiger partial charge in [-0.05, 0) is 31.0 Å². The van der Waals surface area contributed by atoms with Crippen molar-refractivity contribution in [2.24, 2.45) is 0 Å². The van der Waals surface area contributed by atoms with Crippen LogP contribution in [-0.2, 0) is 16.4 Å². The Morgan fingerprint density at radius 1 is 1.28 bits per heavy atom. The van der Waals surface area contributed by atoms with Crippen LogP contribution in [0, 0.1) is 0 Å². The van der Waals surface area contributed by atoms with Crippen molar-refractivity contribution in [2.75, 3.05) is 32.1 Å². The number of aryl methyl sites for hydroxylation is 1. The molecule has 9 heteroatoms. The van der Waals surface area contributed by atoms with E-state index < -0.39 is 10.0 Å². The summed E-state index contributed by atoms with van der Waals surface area (Å²) in [4.78, 5) is 2.92. The average molecular weight is 383 g/mol. The normalized spacial score (nSPS) is 18.4. The van der Waals surface area contributed by atoms with Gasteiger partial charge in [-0.1, -0.05) is 6.92 Å². The number of sulfonamides is 1. The fourth-order valence-corrected chi connectivity index (χ4v) is 5.55. The Morgan fingerprint density at radius 2 is 2.08 bits per heavy atom. The Labute approximate surface area is 152 Å². The van der Waals surface area contributed by atoms with Crippen molar-refractivity contribution >= 4 is 27.2 Å². The monoisotopic (exact) mass is 382 g/mol. The zero-order chi connectivity index (χ0) is 18.0. The number of ether oxygens (including phenoxy) is 1. The zero-order valence-corrected chi connectivity index (χ0v) is 16.2. The highest BCUT2D eigenvalue weighted by Gasteiger charge is 2.34. The van der Waals surface area contributed by atoms with Crippen LogP contribution in [0.1, 0.15) is 18.2 Å². The summed E-state index contributed by atoms with van der Waals surface area (Å²) in [5, 5.41) is 8.11. The maximum absolute atomic E-state index is 12.7. The van der Waals surface area contributed by atoms with E-state index in [1.54, 1.807) is 12.1 Å². The van der Waals surface area contributed by atoms with Gasteiger partial charge in [-0.2, -0.15) is 4.31 Å². The molecule has 1 unspecified atom stereocenters. The summed E-state index contributed by atoms with van der Waals surface area (Å²) in [5.41, 5.74) is 0. The van der Waals surface area contributed by atoms with Gasteiger partial charge in [0.1, 0.15) is 10.3 Å². The van der Waals surface area contributed by atoms with Crippen LogP contribution in [0.4, 0.5) is 5.82 Å². The minimum Gasteiger partial charge on any atom is -0.472 e. The molecule has 25 heavy (non-hydrogen) atoms. The van der Waals surface area contributed by atoms with Gasteiger partial charge in [0.05, 0.1) is 6.54 Å². The van der Waals surface area contributed by atoms with Gasteiger partial charge in [0.2, 0.25) is 5.88 Å². The molecule has 3 rings (SSSR count). The first-order valence-corrected chi connectivity index (χ1v) is 10.4. The van der Waals surface area contributed by atoms with Gasteiger partial charge in [-0.25, -0.2) is 8.42 Å². The van der Waals surface area contributed by atoms with Crippen molar-refractivity contribution in [3.63, 3.8) is 0 Å². The molecular formula is C16H22N4O3S2. The van der Waals surface area contributed by atoms with Gasteiger partial charge in [0, 0.05) is 31.6 Å². The molecule has 0 aromatic carbocycles. The van der Waals surface area contributed by atoms with Crippen molar-refractivity contribution in [1.82, 2.24) is 14.5 Å². The number of rotatable bonds is 6. The van der Waals surface area contributed by atoms with Crippen LogP contribution in [0.3, 0.4) is 0 Å². The topological polar surface area (TPSA) is 75.6 Å². The number of nitrogens with zero attached hydrogens (tertiary/aromatic N) is 4. The van der Waals surface area contributed by atoms with E-state index in [0.717, 1.165) is 17.1 Å². The first-order chi connectivity index (χ1) is 11.9. The minimum absolute atomic E-state index is 0.208. The lowest BCUT2D eigenvalue weighted by molar-refractivity contribution is 0.205. The fraction of sp³-hybridized carbons (Fsp3) is 0.500. The molecule has 0 saturated carbocycles. The summed E-state index contributed by atoms with van der Waals surface area (Å²) in [6, 6.07) is 7.15. The summed E-state index contributed by atoms with van der Waals surface area (Å²) >= 11 is 1.34. The molecule has 0 bridgehead atoms. The third-order valence-corrected chi connectivity index (χ3v) is 7.62. The van der Waals surface area contributed by atoms with E-state index in [1.807, 2.05) is 38.1 Å². The predicted molar refractivity (Wildman–Crippen MR) is 97.8 cm³/mol. The van der Waals surface area contributed by atoms with Crippen LogP contribution >= 0.6 is 11.3 Å². The van der Waals surface area contributed by atoms with Crippen LogP contribution in [0.2, 0.25) is 0 Å². The molecule has 1 atom stereocenters. The van der Waals surface area contributed by atoms with Crippen LogP contribution in [-0.4, -0.2) is 56.2 Å². The molecule has 7 nitrogen and oxygen atoms in total. The SMILES string of the molecule is CCc1ccc(S(=O)(=O)N2CCC(Oc3ccc(N(C)C)nn3)C2)s1. The second kappa shape index (κ2) is 7.27. The Hall–Kier alpha value is -1.71. The summed E-state index contributed by atoms with van der Waals surface area (Å²) in [5.74, 6) is 1.16. The third-order valence-electron chi connectivity index (χ3n) is 4.06. The minimum atomic E-state index is -3.44. The summed E-state index contributed by atoms with van der Waals surface area (Å²) < 4.78 is 33.2. The molecule has 2 aromatic rings. The maximum Gasteiger partial charge on any atom is 0.252 e. The first-order valence-electron chi connectivity index (χ1n) is 8.16. The average Bonchev–Trinajstić information content (AvgIpc) is 3.25. The van der Waals surface area contributed by atoms with Gasteiger partial charge in [-0.15, -0.1) is 21.5 Å². The van der Waals surface area contributed by atoms with E-state index in [-0.39, 0.29) is 6.10 Å². The highest BCUT2D eigenvalue weighted by Crippen LogP contribution is 2.28. The smallest absolute Gasteiger partial charge is 0.252 e.